The molecule has 0 amide bonds. The standard InChI is InChI=1S/C12H15NO3S/c14-12-11-4-3-10(5-9(11)6-13-12)17(15,16)7-8-1-2-8/h3-5,8,12-14H,1-2,6-7H2. The third-order valence-electron chi connectivity index (χ3n) is 3.41. The molecule has 1 saturated carbocycles. The SMILES string of the molecule is O=S(=O)(CC1CC1)c1ccc2c(c1)CNC2O. The van der Waals surface area contributed by atoms with Crippen LogP contribution in [0.4, 0.5) is 0 Å². The molecule has 2 N–H and O–H groups in total. The molecule has 1 aliphatic carbocycles. The quantitative estimate of drug-likeness (QED) is 0.842. The molecular weight excluding hydrogens is 238 g/mol. The number of hydrogen-bond donors (Lipinski definition) is 2. The number of aliphatic hydroxyl groups is 1. The van der Waals surface area contributed by atoms with Crippen LogP contribution < -0.4 is 5.32 Å². The lowest BCUT2D eigenvalue weighted by Gasteiger charge is -2.07. The molecular formula is C12H15NO3S. The predicted molar refractivity (Wildman–Crippen MR) is 63.0 cm³/mol. The fourth-order valence-electron chi connectivity index (χ4n) is 2.20. The summed E-state index contributed by atoms with van der Waals surface area (Å²) in [6, 6.07) is 5.00. The highest BCUT2D eigenvalue weighted by Crippen LogP contribution is 2.33. The number of nitrogens with one attached hydrogen (secondary N) is 1. The zero-order valence-corrected chi connectivity index (χ0v) is 10.2. The van der Waals surface area contributed by atoms with Crippen LogP contribution in [0.25, 0.3) is 0 Å². The van der Waals surface area contributed by atoms with E-state index < -0.39 is 16.1 Å². The highest BCUT2D eigenvalue weighted by molar-refractivity contribution is 7.91. The van der Waals surface area contributed by atoms with E-state index in [1.807, 2.05) is 0 Å². The van der Waals surface area contributed by atoms with Gasteiger partial charge in [-0.05, 0) is 42.0 Å². The van der Waals surface area contributed by atoms with Crippen molar-refractivity contribution in [1.82, 2.24) is 5.32 Å². The van der Waals surface area contributed by atoms with Gasteiger partial charge >= 0.3 is 0 Å². The molecule has 0 radical (unpaired) electrons. The monoisotopic (exact) mass is 253 g/mol. The molecule has 1 aliphatic heterocycles. The molecule has 1 fully saturated rings. The van der Waals surface area contributed by atoms with Crippen LogP contribution in [0.1, 0.15) is 30.2 Å². The van der Waals surface area contributed by atoms with Crippen molar-refractivity contribution in [3.8, 4) is 0 Å². The normalized spacial score (nSPS) is 23.7. The van der Waals surface area contributed by atoms with Crippen molar-refractivity contribution in [3.63, 3.8) is 0 Å². The first-order chi connectivity index (χ1) is 8.06. The van der Waals surface area contributed by atoms with E-state index in [4.69, 9.17) is 0 Å². The Kier molecular flexibility index (Phi) is 2.50. The lowest BCUT2D eigenvalue weighted by molar-refractivity contribution is 0.151. The molecule has 4 nitrogen and oxygen atoms in total. The molecule has 0 aromatic heterocycles. The van der Waals surface area contributed by atoms with Crippen molar-refractivity contribution in [2.75, 3.05) is 5.75 Å². The average Bonchev–Trinajstić information content (AvgIpc) is 3.01. The van der Waals surface area contributed by atoms with E-state index in [1.54, 1.807) is 18.2 Å². The van der Waals surface area contributed by atoms with Gasteiger partial charge in [-0.1, -0.05) is 6.07 Å². The minimum Gasteiger partial charge on any atom is -0.374 e. The molecule has 92 valence electrons. The van der Waals surface area contributed by atoms with Crippen molar-refractivity contribution in [2.45, 2.75) is 30.5 Å². The van der Waals surface area contributed by atoms with Crippen LogP contribution in [-0.2, 0) is 16.4 Å². The second-order valence-corrected chi connectivity index (χ2v) is 6.90. The summed E-state index contributed by atoms with van der Waals surface area (Å²) >= 11 is 0. The predicted octanol–water partition coefficient (Wildman–Crippen LogP) is 0.964. The van der Waals surface area contributed by atoms with E-state index in [0.717, 1.165) is 24.0 Å². The van der Waals surface area contributed by atoms with Crippen molar-refractivity contribution >= 4 is 9.84 Å². The van der Waals surface area contributed by atoms with Gasteiger partial charge in [0.05, 0.1) is 10.6 Å². The maximum Gasteiger partial charge on any atom is 0.178 e. The Bertz CT molecular complexity index is 549. The Morgan fingerprint density at radius 2 is 2.12 bits per heavy atom. The van der Waals surface area contributed by atoms with E-state index >= 15 is 0 Å². The Balaban J connectivity index is 1.93. The van der Waals surface area contributed by atoms with Gasteiger partial charge in [-0.15, -0.1) is 0 Å². The van der Waals surface area contributed by atoms with Gasteiger partial charge in [0.1, 0.15) is 6.23 Å². The number of hydrogen-bond acceptors (Lipinski definition) is 4. The third-order valence-corrected chi connectivity index (χ3v) is 5.29. The lowest BCUT2D eigenvalue weighted by Crippen LogP contribution is -2.10. The fourth-order valence-corrected chi connectivity index (χ4v) is 3.95. The van der Waals surface area contributed by atoms with Gasteiger partial charge in [0.15, 0.2) is 9.84 Å². The Labute approximate surface area is 101 Å². The first kappa shape index (κ1) is 11.2. The molecule has 0 bridgehead atoms. The van der Waals surface area contributed by atoms with Crippen molar-refractivity contribution in [3.05, 3.63) is 29.3 Å². The summed E-state index contributed by atoms with van der Waals surface area (Å²) in [5, 5.41) is 12.4. The van der Waals surface area contributed by atoms with Gasteiger partial charge in [0, 0.05) is 6.54 Å². The number of rotatable bonds is 3. The minimum atomic E-state index is -3.15. The van der Waals surface area contributed by atoms with E-state index in [1.165, 1.54) is 0 Å². The summed E-state index contributed by atoms with van der Waals surface area (Å²) in [4.78, 5) is 0.388. The summed E-state index contributed by atoms with van der Waals surface area (Å²) in [7, 11) is -3.15. The highest BCUT2D eigenvalue weighted by Gasteiger charge is 2.30. The van der Waals surface area contributed by atoms with Crippen LogP contribution in [0.2, 0.25) is 0 Å². The number of sulfone groups is 1. The second-order valence-electron chi connectivity index (χ2n) is 4.87. The van der Waals surface area contributed by atoms with E-state index in [0.29, 0.717) is 17.4 Å². The van der Waals surface area contributed by atoms with Crippen LogP contribution in [0.15, 0.2) is 23.1 Å². The van der Waals surface area contributed by atoms with Crippen molar-refractivity contribution in [2.24, 2.45) is 5.92 Å². The second kappa shape index (κ2) is 3.80. The Morgan fingerprint density at radius 3 is 2.82 bits per heavy atom. The van der Waals surface area contributed by atoms with Gasteiger partial charge in [0.25, 0.3) is 0 Å². The molecule has 1 heterocycles. The summed E-state index contributed by atoms with van der Waals surface area (Å²) < 4.78 is 24.2. The molecule has 17 heavy (non-hydrogen) atoms. The largest absolute Gasteiger partial charge is 0.374 e. The fraction of sp³-hybridized carbons (Fsp3) is 0.500. The molecule has 2 aliphatic rings. The molecule has 1 unspecified atom stereocenters. The van der Waals surface area contributed by atoms with Crippen LogP contribution in [0.3, 0.4) is 0 Å². The maximum absolute atomic E-state index is 12.1. The molecule has 5 heteroatoms. The zero-order valence-electron chi connectivity index (χ0n) is 9.39. The van der Waals surface area contributed by atoms with Gasteiger partial charge < -0.3 is 5.11 Å². The first-order valence-electron chi connectivity index (χ1n) is 5.83. The van der Waals surface area contributed by atoms with Crippen molar-refractivity contribution < 1.29 is 13.5 Å². The molecule has 3 rings (SSSR count). The smallest absolute Gasteiger partial charge is 0.178 e. The molecule has 1 aromatic carbocycles. The molecule has 0 spiro atoms. The first-order valence-corrected chi connectivity index (χ1v) is 7.48. The van der Waals surface area contributed by atoms with Crippen LogP contribution in [0.5, 0.6) is 0 Å². The number of fused-ring (bicyclic) bond motifs is 1. The van der Waals surface area contributed by atoms with Crippen molar-refractivity contribution in [1.29, 1.82) is 0 Å². The van der Waals surface area contributed by atoms with Crippen LogP contribution in [0, 0.1) is 5.92 Å². The van der Waals surface area contributed by atoms with E-state index in [2.05, 4.69) is 5.32 Å². The number of benzene rings is 1. The highest BCUT2D eigenvalue weighted by atomic mass is 32.2. The summed E-state index contributed by atoms with van der Waals surface area (Å²) in [6.45, 7) is 0.531. The third kappa shape index (κ3) is 2.10. The van der Waals surface area contributed by atoms with Crippen LogP contribution >= 0.6 is 0 Å². The number of aliphatic hydroxyl groups excluding tert-OH is 1. The maximum atomic E-state index is 12.1. The lowest BCUT2D eigenvalue weighted by atomic mass is 10.1. The van der Waals surface area contributed by atoms with E-state index in [9.17, 15) is 13.5 Å². The summed E-state index contributed by atoms with van der Waals surface area (Å²) in [5.41, 5.74) is 1.67. The molecule has 1 atom stereocenters. The summed E-state index contributed by atoms with van der Waals surface area (Å²) in [5.74, 6) is 0.624. The van der Waals surface area contributed by atoms with Gasteiger partial charge in [-0.25, -0.2) is 8.42 Å². The Morgan fingerprint density at radius 1 is 1.35 bits per heavy atom. The Hall–Kier alpha value is -0.910. The topological polar surface area (TPSA) is 66.4 Å². The summed E-state index contributed by atoms with van der Waals surface area (Å²) in [6.07, 6.45) is 1.40. The minimum absolute atomic E-state index is 0.266. The van der Waals surface area contributed by atoms with Gasteiger partial charge in [-0.3, -0.25) is 5.32 Å². The van der Waals surface area contributed by atoms with Gasteiger partial charge in [0.2, 0.25) is 0 Å². The molecule has 0 saturated heterocycles. The average molecular weight is 253 g/mol. The van der Waals surface area contributed by atoms with Crippen LogP contribution in [-0.4, -0.2) is 19.3 Å². The zero-order chi connectivity index (χ0) is 12.0. The van der Waals surface area contributed by atoms with Gasteiger partial charge in [-0.2, -0.15) is 0 Å². The van der Waals surface area contributed by atoms with E-state index in [-0.39, 0.29) is 5.75 Å². The molecule has 1 aromatic rings.